The van der Waals surface area contributed by atoms with E-state index in [0.29, 0.717) is 5.12 Å². The van der Waals surface area contributed by atoms with E-state index < -0.39 is 0 Å². The summed E-state index contributed by atoms with van der Waals surface area (Å²) in [6, 6.07) is 0. The van der Waals surface area contributed by atoms with Crippen LogP contribution in [0.25, 0.3) is 0 Å². The standard InChI is InChI=1S/C15H32O2SSi/c1-4-6-7-8-9-11-14(16)18-13-10-12-15(3,5-2)17-19/h4-13H2,1-3,19H3. The van der Waals surface area contributed by atoms with E-state index in [9.17, 15) is 4.79 Å². The van der Waals surface area contributed by atoms with Crippen molar-refractivity contribution in [1.82, 2.24) is 0 Å². The Hall–Kier alpha value is 0.197. The Kier molecular flexibility index (Phi) is 12.1. The lowest BCUT2D eigenvalue weighted by atomic mass is 9.98. The number of hydrogen-bond acceptors (Lipinski definition) is 3. The van der Waals surface area contributed by atoms with Gasteiger partial charge >= 0.3 is 0 Å². The molecule has 4 heteroatoms. The van der Waals surface area contributed by atoms with Crippen LogP contribution in [0, 0.1) is 0 Å². The summed E-state index contributed by atoms with van der Waals surface area (Å²) in [4.78, 5) is 11.7. The molecule has 0 saturated heterocycles. The van der Waals surface area contributed by atoms with Gasteiger partial charge in [0.05, 0.1) is 5.60 Å². The lowest BCUT2D eigenvalue weighted by Gasteiger charge is -2.27. The number of carbonyl (C=O) groups is 1. The molecule has 0 amide bonds. The Balaban J connectivity index is 3.48. The zero-order valence-electron chi connectivity index (χ0n) is 13.3. The maximum absolute atomic E-state index is 11.7. The molecule has 0 aliphatic carbocycles. The molecule has 0 radical (unpaired) electrons. The van der Waals surface area contributed by atoms with E-state index in [1.807, 2.05) is 0 Å². The zero-order chi connectivity index (χ0) is 14.6. The van der Waals surface area contributed by atoms with Gasteiger partial charge in [-0.15, -0.1) is 0 Å². The van der Waals surface area contributed by atoms with Crippen molar-refractivity contribution < 1.29 is 9.22 Å². The summed E-state index contributed by atoms with van der Waals surface area (Å²) in [6.45, 7) is 6.57. The summed E-state index contributed by atoms with van der Waals surface area (Å²) in [5.41, 5.74) is 0.0516. The Morgan fingerprint density at radius 2 is 1.84 bits per heavy atom. The summed E-state index contributed by atoms with van der Waals surface area (Å²) in [7, 11) is 0.799. The second kappa shape index (κ2) is 12.0. The van der Waals surface area contributed by atoms with Crippen LogP contribution in [0.2, 0.25) is 0 Å². The highest BCUT2D eigenvalue weighted by atomic mass is 32.2. The van der Waals surface area contributed by atoms with E-state index in [2.05, 4.69) is 20.8 Å². The first-order chi connectivity index (χ1) is 9.08. The van der Waals surface area contributed by atoms with Crippen molar-refractivity contribution in [1.29, 1.82) is 0 Å². The molecular weight excluding hydrogens is 272 g/mol. The molecule has 0 aromatic heterocycles. The van der Waals surface area contributed by atoms with Gasteiger partial charge in [-0.3, -0.25) is 4.79 Å². The number of rotatable bonds is 12. The largest absolute Gasteiger partial charge is 0.423 e. The molecular formula is C15H32O2SSi. The van der Waals surface area contributed by atoms with Crippen LogP contribution < -0.4 is 0 Å². The second-order valence-corrected chi connectivity index (χ2v) is 7.06. The fraction of sp³-hybridized carbons (Fsp3) is 0.933. The average Bonchev–Trinajstić information content (AvgIpc) is 2.43. The minimum atomic E-state index is 0.0516. The van der Waals surface area contributed by atoms with E-state index in [1.54, 1.807) is 0 Å². The minimum absolute atomic E-state index is 0.0516. The van der Waals surface area contributed by atoms with Crippen molar-refractivity contribution in [2.45, 2.75) is 84.2 Å². The highest BCUT2D eigenvalue weighted by Crippen LogP contribution is 2.22. The van der Waals surface area contributed by atoms with Gasteiger partial charge in [-0.25, -0.2) is 0 Å². The molecule has 0 aliphatic rings. The van der Waals surface area contributed by atoms with Crippen LogP contribution in [-0.4, -0.2) is 27.0 Å². The van der Waals surface area contributed by atoms with Gasteiger partial charge in [0.25, 0.3) is 0 Å². The van der Waals surface area contributed by atoms with Crippen LogP contribution in [0.15, 0.2) is 0 Å². The molecule has 19 heavy (non-hydrogen) atoms. The van der Waals surface area contributed by atoms with Crippen LogP contribution in [0.1, 0.15) is 78.6 Å². The smallest absolute Gasteiger partial charge is 0.188 e. The lowest BCUT2D eigenvalue weighted by molar-refractivity contribution is -0.111. The van der Waals surface area contributed by atoms with E-state index >= 15 is 0 Å². The molecule has 0 rings (SSSR count). The Bertz CT molecular complexity index is 230. The van der Waals surface area contributed by atoms with Crippen LogP contribution in [0.4, 0.5) is 0 Å². The van der Waals surface area contributed by atoms with Gasteiger partial charge in [0.1, 0.15) is 10.5 Å². The topological polar surface area (TPSA) is 26.3 Å². The lowest BCUT2D eigenvalue weighted by Crippen LogP contribution is -2.26. The van der Waals surface area contributed by atoms with Crippen molar-refractivity contribution in [3.05, 3.63) is 0 Å². The molecule has 0 fully saturated rings. The van der Waals surface area contributed by atoms with E-state index in [0.717, 1.165) is 48.3 Å². The fourth-order valence-electron chi connectivity index (χ4n) is 2.00. The monoisotopic (exact) mass is 304 g/mol. The maximum Gasteiger partial charge on any atom is 0.188 e. The average molecular weight is 305 g/mol. The van der Waals surface area contributed by atoms with Crippen LogP contribution in [0.3, 0.4) is 0 Å². The Morgan fingerprint density at radius 1 is 1.16 bits per heavy atom. The van der Waals surface area contributed by atoms with Crippen molar-refractivity contribution in [2.24, 2.45) is 0 Å². The Morgan fingerprint density at radius 3 is 2.42 bits per heavy atom. The molecule has 114 valence electrons. The highest BCUT2D eigenvalue weighted by molar-refractivity contribution is 8.13. The van der Waals surface area contributed by atoms with Gasteiger partial charge in [0.2, 0.25) is 0 Å². The highest BCUT2D eigenvalue weighted by Gasteiger charge is 2.19. The van der Waals surface area contributed by atoms with Gasteiger partial charge in [-0.05, 0) is 32.6 Å². The summed E-state index contributed by atoms with van der Waals surface area (Å²) < 4.78 is 5.64. The summed E-state index contributed by atoms with van der Waals surface area (Å²) in [6.07, 6.45) is 10.1. The normalized spacial score (nSPS) is 14.5. The third kappa shape index (κ3) is 10.6. The van der Waals surface area contributed by atoms with Crippen LogP contribution in [0.5, 0.6) is 0 Å². The molecule has 1 unspecified atom stereocenters. The molecule has 0 bridgehead atoms. The fourth-order valence-corrected chi connectivity index (χ4v) is 3.30. The zero-order valence-corrected chi connectivity index (χ0v) is 16.1. The number of thioether (sulfide) groups is 1. The molecule has 0 saturated carbocycles. The van der Waals surface area contributed by atoms with E-state index in [4.69, 9.17) is 4.43 Å². The number of carbonyl (C=O) groups excluding carboxylic acids is 1. The molecule has 0 aromatic carbocycles. The summed E-state index contributed by atoms with van der Waals surface area (Å²) in [5, 5.41) is 0.376. The SMILES string of the molecule is CCCCCCCC(=O)SCCCC(C)(CC)O[SiH3]. The van der Waals surface area contributed by atoms with Gasteiger partial charge < -0.3 is 4.43 Å². The molecule has 0 aliphatic heterocycles. The van der Waals surface area contributed by atoms with E-state index in [1.165, 1.54) is 37.4 Å². The van der Waals surface area contributed by atoms with Gasteiger partial charge in [-0.1, -0.05) is 51.3 Å². The molecule has 0 spiro atoms. The number of unbranched alkanes of at least 4 members (excludes halogenated alkanes) is 4. The minimum Gasteiger partial charge on any atom is -0.423 e. The molecule has 0 N–H and O–H groups in total. The first kappa shape index (κ1) is 19.2. The van der Waals surface area contributed by atoms with Crippen molar-refractivity contribution in [2.75, 3.05) is 5.75 Å². The first-order valence-corrected chi connectivity index (χ1v) is 9.59. The van der Waals surface area contributed by atoms with Crippen molar-refractivity contribution in [3.8, 4) is 0 Å². The van der Waals surface area contributed by atoms with Gasteiger partial charge in [-0.2, -0.15) is 0 Å². The van der Waals surface area contributed by atoms with Crippen molar-refractivity contribution >= 4 is 27.4 Å². The van der Waals surface area contributed by atoms with E-state index in [-0.39, 0.29) is 5.60 Å². The van der Waals surface area contributed by atoms with Gasteiger partial charge in [0.15, 0.2) is 5.12 Å². The van der Waals surface area contributed by atoms with Crippen molar-refractivity contribution in [3.63, 3.8) is 0 Å². The third-order valence-corrected chi connectivity index (χ3v) is 5.84. The number of hydrogen-bond donors (Lipinski definition) is 0. The Labute approximate surface area is 127 Å². The molecule has 1 atom stereocenters. The first-order valence-electron chi connectivity index (χ1n) is 7.78. The van der Waals surface area contributed by atoms with Crippen LogP contribution >= 0.6 is 11.8 Å². The predicted octanol–water partition coefficient (Wildman–Crippen LogP) is 3.85. The second-order valence-electron chi connectivity index (χ2n) is 5.50. The third-order valence-electron chi connectivity index (χ3n) is 3.84. The van der Waals surface area contributed by atoms with Crippen LogP contribution in [-0.2, 0) is 9.22 Å². The maximum atomic E-state index is 11.7. The molecule has 0 aromatic rings. The quantitative estimate of drug-likeness (QED) is 0.404. The molecule has 0 heterocycles. The van der Waals surface area contributed by atoms with Gasteiger partial charge in [0, 0.05) is 12.2 Å². The summed E-state index contributed by atoms with van der Waals surface area (Å²) in [5.74, 6) is 0.953. The molecule has 2 nitrogen and oxygen atoms in total. The predicted molar refractivity (Wildman–Crippen MR) is 89.8 cm³/mol. The summed E-state index contributed by atoms with van der Waals surface area (Å²) >= 11 is 1.52.